The fourth-order valence-electron chi connectivity index (χ4n) is 1.31. The van der Waals surface area contributed by atoms with Crippen molar-refractivity contribution in [3.63, 3.8) is 0 Å². The molecule has 0 atom stereocenters. The summed E-state index contributed by atoms with van der Waals surface area (Å²) in [5.41, 5.74) is 0.692. The third-order valence-electron chi connectivity index (χ3n) is 2.17. The number of esters is 4. The molecule has 0 spiro atoms. The first-order valence-corrected chi connectivity index (χ1v) is 7.12. The van der Waals surface area contributed by atoms with Crippen molar-refractivity contribution in [3.8, 4) is 0 Å². The molecule has 0 aromatic heterocycles. The zero-order valence-electron chi connectivity index (χ0n) is 13.6. The van der Waals surface area contributed by atoms with Crippen LogP contribution in [0.25, 0.3) is 0 Å². The van der Waals surface area contributed by atoms with Crippen LogP contribution < -0.4 is 0 Å². The predicted molar refractivity (Wildman–Crippen MR) is 77.1 cm³/mol. The smallest absolute Gasteiger partial charge is 0.353 e. The molecular formula is C15H20O8. The molecule has 0 N–H and O–H groups in total. The van der Waals surface area contributed by atoms with Gasteiger partial charge in [-0.25, -0.2) is 19.2 Å². The van der Waals surface area contributed by atoms with Gasteiger partial charge in [0.2, 0.25) is 0 Å². The van der Waals surface area contributed by atoms with E-state index in [9.17, 15) is 19.2 Å². The molecule has 23 heavy (non-hydrogen) atoms. The lowest BCUT2D eigenvalue weighted by Crippen LogP contribution is -2.21. The summed E-state index contributed by atoms with van der Waals surface area (Å²) in [6, 6.07) is 0. The lowest BCUT2D eigenvalue weighted by Gasteiger charge is -2.06. The van der Waals surface area contributed by atoms with E-state index in [1.54, 1.807) is 0 Å². The topological polar surface area (TPSA) is 105 Å². The van der Waals surface area contributed by atoms with Crippen molar-refractivity contribution in [2.24, 2.45) is 0 Å². The largest absolute Gasteiger partial charge is 0.462 e. The molecule has 0 unspecified atom stereocenters. The van der Waals surface area contributed by atoms with Crippen LogP contribution in [-0.2, 0) is 38.1 Å². The minimum absolute atomic E-state index is 0.0163. The van der Waals surface area contributed by atoms with Crippen LogP contribution in [0.5, 0.6) is 0 Å². The fraction of sp³-hybridized carbons (Fsp3) is 0.533. The van der Waals surface area contributed by atoms with Crippen LogP contribution >= 0.6 is 0 Å². The van der Waals surface area contributed by atoms with Gasteiger partial charge in [0.25, 0.3) is 0 Å². The van der Waals surface area contributed by atoms with Crippen LogP contribution in [0.4, 0.5) is 0 Å². The van der Waals surface area contributed by atoms with Crippen molar-refractivity contribution in [1.29, 1.82) is 0 Å². The van der Waals surface area contributed by atoms with Gasteiger partial charge in [-0.3, -0.25) is 0 Å². The van der Waals surface area contributed by atoms with Crippen molar-refractivity contribution < 1.29 is 38.1 Å². The monoisotopic (exact) mass is 328 g/mol. The third-order valence-corrected chi connectivity index (χ3v) is 2.17. The van der Waals surface area contributed by atoms with E-state index in [1.807, 2.05) is 0 Å². The SMILES string of the molecule is CCOC(=O)C(=C=C(C(=O)OCC)C(=O)OCC)C(=O)OCC. The van der Waals surface area contributed by atoms with Crippen LogP contribution in [0.3, 0.4) is 0 Å². The fourth-order valence-corrected chi connectivity index (χ4v) is 1.31. The Bertz CT molecular complexity index is 442. The number of rotatable bonds is 8. The summed E-state index contributed by atoms with van der Waals surface area (Å²) in [5.74, 6) is -4.29. The molecule has 0 aliphatic carbocycles. The summed E-state index contributed by atoms with van der Waals surface area (Å²) in [6.07, 6.45) is 0. The number of hydrogen-bond acceptors (Lipinski definition) is 8. The van der Waals surface area contributed by atoms with E-state index in [0.29, 0.717) is 0 Å². The molecule has 8 heteroatoms. The molecule has 0 saturated heterocycles. The number of carbonyl (C=O) groups is 4. The summed E-state index contributed by atoms with van der Waals surface area (Å²) in [6.45, 7) is 6.05. The maximum absolute atomic E-state index is 11.8. The Hall–Kier alpha value is -2.60. The van der Waals surface area contributed by atoms with E-state index in [2.05, 4.69) is 5.73 Å². The molecule has 0 fully saturated rings. The van der Waals surface area contributed by atoms with Crippen molar-refractivity contribution >= 4 is 23.9 Å². The normalized spacial score (nSPS) is 9.22. The van der Waals surface area contributed by atoms with Gasteiger partial charge in [0, 0.05) is 0 Å². The Morgan fingerprint density at radius 2 is 0.783 bits per heavy atom. The Balaban J connectivity index is 6.10. The second-order valence-electron chi connectivity index (χ2n) is 3.76. The predicted octanol–water partition coefficient (Wildman–Crippen LogP) is 0.691. The zero-order valence-corrected chi connectivity index (χ0v) is 13.6. The average molecular weight is 328 g/mol. The first-order chi connectivity index (χ1) is 10.9. The summed E-state index contributed by atoms with van der Waals surface area (Å²) in [4.78, 5) is 47.3. The van der Waals surface area contributed by atoms with Crippen LogP contribution in [0.1, 0.15) is 27.7 Å². The quantitative estimate of drug-likeness (QED) is 0.160. The van der Waals surface area contributed by atoms with Gasteiger partial charge >= 0.3 is 23.9 Å². The molecule has 8 nitrogen and oxygen atoms in total. The molecule has 0 saturated carbocycles. The van der Waals surface area contributed by atoms with E-state index >= 15 is 0 Å². The highest BCUT2D eigenvalue weighted by molar-refractivity contribution is 6.18. The van der Waals surface area contributed by atoms with Gasteiger partial charge in [0.05, 0.1) is 26.4 Å². The van der Waals surface area contributed by atoms with Gasteiger partial charge in [-0.1, -0.05) is 5.73 Å². The number of ether oxygens (including phenoxy) is 4. The van der Waals surface area contributed by atoms with Crippen molar-refractivity contribution in [2.45, 2.75) is 27.7 Å². The minimum Gasteiger partial charge on any atom is -0.462 e. The zero-order chi connectivity index (χ0) is 17.8. The standard InChI is InChI=1S/C15H20O8/c1-5-20-12(16)10(13(17)21-6-2)9-11(14(18)22-7-3)15(19)23-8-4/h5-8H2,1-4H3. The van der Waals surface area contributed by atoms with Gasteiger partial charge < -0.3 is 18.9 Å². The molecule has 0 aromatic rings. The Kier molecular flexibility index (Phi) is 9.78. The number of hydrogen-bond donors (Lipinski definition) is 0. The van der Waals surface area contributed by atoms with E-state index in [-0.39, 0.29) is 26.4 Å². The van der Waals surface area contributed by atoms with E-state index in [1.165, 1.54) is 27.7 Å². The molecule has 128 valence electrons. The first-order valence-electron chi connectivity index (χ1n) is 7.12. The molecule has 0 radical (unpaired) electrons. The molecule has 0 aliphatic heterocycles. The maximum atomic E-state index is 11.8. The van der Waals surface area contributed by atoms with Crippen molar-refractivity contribution in [2.75, 3.05) is 26.4 Å². The third kappa shape index (κ3) is 6.80. The van der Waals surface area contributed by atoms with Crippen molar-refractivity contribution in [3.05, 3.63) is 16.9 Å². The van der Waals surface area contributed by atoms with Gasteiger partial charge in [0.1, 0.15) is 0 Å². The Labute approximate surface area is 134 Å². The highest BCUT2D eigenvalue weighted by Crippen LogP contribution is 2.07. The highest BCUT2D eigenvalue weighted by atomic mass is 16.6. The molecule has 0 rings (SSSR count). The molecule has 0 bridgehead atoms. The lowest BCUT2D eigenvalue weighted by atomic mass is 10.2. The average Bonchev–Trinajstić information content (AvgIpc) is 2.48. The Morgan fingerprint density at radius 3 is 0.957 bits per heavy atom. The highest BCUT2D eigenvalue weighted by Gasteiger charge is 2.26. The van der Waals surface area contributed by atoms with Gasteiger partial charge in [0.15, 0.2) is 11.1 Å². The first kappa shape index (κ1) is 20.4. The second kappa shape index (κ2) is 11.0. The van der Waals surface area contributed by atoms with Crippen LogP contribution in [-0.4, -0.2) is 50.3 Å². The lowest BCUT2D eigenvalue weighted by molar-refractivity contribution is -0.147. The van der Waals surface area contributed by atoms with Crippen LogP contribution in [0.15, 0.2) is 16.9 Å². The minimum atomic E-state index is -1.07. The van der Waals surface area contributed by atoms with Gasteiger partial charge in [-0.15, -0.1) is 0 Å². The van der Waals surface area contributed by atoms with E-state index < -0.39 is 35.0 Å². The van der Waals surface area contributed by atoms with E-state index in [0.717, 1.165) is 0 Å². The van der Waals surface area contributed by atoms with Crippen LogP contribution in [0.2, 0.25) is 0 Å². The molecule has 0 aliphatic rings. The molecule has 0 amide bonds. The van der Waals surface area contributed by atoms with E-state index in [4.69, 9.17) is 18.9 Å². The Morgan fingerprint density at radius 1 is 0.565 bits per heavy atom. The molecule has 0 aromatic carbocycles. The summed E-state index contributed by atoms with van der Waals surface area (Å²) < 4.78 is 18.8. The molecular weight excluding hydrogens is 308 g/mol. The second-order valence-corrected chi connectivity index (χ2v) is 3.76. The maximum Gasteiger partial charge on any atom is 0.353 e. The van der Waals surface area contributed by atoms with Gasteiger partial charge in [-0.05, 0) is 27.7 Å². The number of carbonyl (C=O) groups excluding carboxylic acids is 4. The van der Waals surface area contributed by atoms with Crippen molar-refractivity contribution in [1.82, 2.24) is 0 Å². The summed E-state index contributed by atoms with van der Waals surface area (Å²) in [5, 5.41) is 0. The molecule has 0 heterocycles. The summed E-state index contributed by atoms with van der Waals surface area (Å²) >= 11 is 0. The summed E-state index contributed by atoms with van der Waals surface area (Å²) in [7, 11) is 0. The van der Waals surface area contributed by atoms with Crippen LogP contribution in [0, 0.1) is 0 Å². The van der Waals surface area contributed by atoms with Gasteiger partial charge in [-0.2, -0.15) is 0 Å².